The molecule has 3 N–H and O–H groups in total. The molecule has 1 aliphatic heterocycles. The van der Waals surface area contributed by atoms with Gasteiger partial charge in [-0.1, -0.05) is 20.8 Å². The van der Waals surface area contributed by atoms with Crippen molar-refractivity contribution < 1.29 is 13.2 Å². The van der Waals surface area contributed by atoms with E-state index in [9.17, 15) is 13.2 Å². The van der Waals surface area contributed by atoms with Crippen LogP contribution in [0, 0.1) is 11.3 Å². The van der Waals surface area contributed by atoms with Crippen molar-refractivity contribution in [3.05, 3.63) is 16.0 Å². The van der Waals surface area contributed by atoms with Crippen molar-refractivity contribution in [3.63, 3.8) is 0 Å². The zero-order valence-corrected chi connectivity index (χ0v) is 16.1. The van der Waals surface area contributed by atoms with Gasteiger partial charge >= 0.3 is 0 Å². The van der Waals surface area contributed by atoms with E-state index in [0.717, 1.165) is 24.8 Å². The van der Waals surface area contributed by atoms with Crippen LogP contribution in [0.3, 0.4) is 0 Å². The molecule has 0 aromatic carbocycles. The molecule has 7 heteroatoms. The molecule has 0 radical (unpaired) electrons. The van der Waals surface area contributed by atoms with Gasteiger partial charge in [0.15, 0.2) is 9.84 Å². The third-order valence-corrected chi connectivity index (χ3v) is 8.16. The van der Waals surface area contributed by atoms with Crippen LogP contribution in [0.1, 0.15) is 54.4 Å². The number of nitrogen functional groups attached to an aromatic ring is 1. The van der Waals surface area contributed by atoms with E-state index in [1.165, 1.54) is 16.2 Å². The number of amides is 1. The second-order valence-corrected chi connectivity index (χ2v) is 11.5. The van der Waals surface area contributed by atoms with Gasteiger partial charge in [-0.25, -0.2) is 8.42 Å². The largest absolute Gasteiger partial charge is 0.390 e. The van der Waals surface area contributed by atoms with Crippen molar-refractivity contribution in [2.24, 2.45) is 11.3 Å². The fourth-order valence-electron chi connectivity index (χ4n) is 3.76. The van der Waals surface area contributed by atoms with Crippen LogP contribution in [0.25, 0.3) is 0 Å². The fourth-order valence-corrected chi connectivity index (χ4v) is 6.63. The minimum absolute atomic E-state index is 0.0388. The van der Waals surface area contributed by atoms with E-state index < -0.39 is 9.84 Å². The summed E-state index contributed by atoms with van der Waals surface area (Å²) < 4.78 is 23.1. The van der Waals surface area contributed by atoms with Gasteiger partial charge in [0.1, 0.15) is 0 Å². The topological polar surface area (TPSA) is 89.3 Å². The van der Waals surface area contributed by atoms with Crippen LogP contribution in [-0.2, 0) is 22.7 Å². The molecule has 2 atom stereocenters. The Morgan fingerprint density at radius 1 is 1.29 bits per heavy atom. The normalized spacial score (nSPS) is 26.1. The number of hydrogen-bond acceptors (Lipinski definition) is 5. The van der Waals surface area contributed by atoms with Crippen LogP contribution >= 0.6 is 11.3 Å². The van der Waals surface area contributed by atoms with E-state index in [-0.39, 0.29) is 28.9 Å². The zero-order valence-electron chi connectivity index (χ0n) is 14.5. The van der Waals surface area contributed by atoms with Gasteiger partial charge < -0.3 is 11.1 Å². The highest BCUT2D eigenvalue weighted by Gasteiger charge is 2.35. The number of anilines is 1. The first-order valence-electron chi connectivity index (χ1n) is 8.48. The molecule has 134 valence electrons. The fraction of sp³-hybridized carbons (Fsp3) is 0.706. The molecule has 2 heterocycles. The lowest BCUT2D eigenvalue weighted by Gasteiger charge is -2.33. The molecule has 0 bridgehead atoms. The number of nitrogens with two attached hydrogens (primary N) is 1. The number of thiophene rings is 1. The molecule has 5 nitrogen and oxygen atoms in total. The predicted octanol–water partition coefficient (Wildman–Crippen LogP) is 2.40. The lowest BCUT2D eigenvalue weighted by atomic mass is 9.72. The summed E-state index contributed by atoms with van der Waals surface area (Å²) in [7, 11) is -3.00. The Bertz CT molecular complexity index is 760. The number of sulfone groups is 1. The molecule has 2 aliphatic rings. The van der Waals surface area contributed by atoms with E-state index in [1.807, 2.05) is 0 Å². The van der Waals surface area contributed by atoms with E-state index in [1.54, 1.807) is 0 Å². The van der Waals surface area contributed by atoms with Crippen molar-refractivity contribution >= 4 is 32.1 Å². The SMILES string of the molecule is CC(C)(C)[C@H]1CCc2c(sc(N)c2C(=O)N[C@H]2CCS(=O)(=O)C2)C1. The van der Waals surface area contributed by atoms with Crippen molar-refractivity contribution in [2.75, 3.05) is 17.2 Å². The van der Waals surface area contributed by atoms with Gasteiger partial charge in [-0.2, -0.15) is 0 Å². The minimum atomic E-state index is -3.00. The van der Waals surface area contributed by atoms with Crippen molar-refractivity contribution in [2.45, 2.75) is 52.5 Å². The van der Waals surface area contributed by atoms with Gasteiger partial charge in [-0.05, 0) is 42.6 Å². The zero-order chi connectivity index (χ0) is 17.7. The predicted molar refractivity (Wildman–Crippen MR) is 98.2 cm³/mol. The molecule has 0 unspecified atom stereocenters. The molecular formula is C17H26N2O3S2. The van der Waals surface area contributed by atoms with Gasteiger partial charge in [0, 0.05) is 10.9 Å². The Kier molecular flexibility index (Phi) is 4.45. The van der Waals surface area contributed by atoms with Gasteiger partial charge in [-0.3, -0.25) is 4.79 Å². The van der Waals surface area contributed by atoms with Crippen LogP contribution in [0.15, 0.2) is 0 Å². The van der Waals surface area contributed by atoms with Crippen molar-refractivity contribution in [3.8, 4) is 0 Å². The maximum atomic E-state index is 12.7. The maximum Gasteiger partial charge on any atom is 0.254 e. The maximum absolute atomic E-state index is 12.7. The van der Waals surface area contributed by atoms with Gasteiger partial charge in [0.2, 0.25) is 0 Å². The summed E-state index contributed by atoms with van der Waals surface area (Å²) >= 11 is 1.52. The summed E-state index contributed by atoms with van der Waals surface area (Å²) in [5.41, 5.74) is 8.06. The highest BCUT2D eigenvalue weighted by atomic mass is 32.2. The molecule has 1 amide bonds. The third kappa shape index (κ3) is 3.47. The summed E-state index contributed by atoms with van der Waals surface area (Å²) in [5, 5.41) is 3.44. The Labute approximate surface area is 147 Å². The molecule has 1 aromatic heterocycles. The first-order valence-corrected chi connectivity index (χ1v) is 11.1. The summed E-state index contributed by atoms with van der Waals surface area (Å²) in [6.45, 7) is 6.77. The Balaban J connectivity index is 1.78. The van der Waals surface area contributed by atoms with E-state index in [4.69, 9.17) is 5.73 Å². The average molecular weight is 371 g/mol. The van der Waals surface area contributed by atoms with Gasteiger partial charge in [0.05, 0.1) is 22.1 Å². The highest BCUT2D eigenvalue weighted by molar-refractivity contribution is 7.91. The molecule has 0 saturated carbocycles. The van der Waals surface area contributed by atoms with Crippen molar-refractivity contribution in [1.82, 2.24) is 5.32 Å². The van der Waals surface area contributed by atoms with Crippen LogP contribution < -0.4 is 11.1 Å². The molecule has 1 fully saturated rings. The van der Waals surface area contributed by atoms with Crippen LogP contribution in [-0.4, -0.2) is 31.9 Å². The quantitative estimate of drug-likeness (QED) is 0.836. The van der Waals surface area contributed by atoms with Crippen molar-refractivity contribution in [1.29, 1.82) is 0 Å². The molecule has 24 heavy (non-hydrogen) atoms. The number of carbonyl (C=O) groups excluding carboxylic acids is 1. The second-order valence-electron chi connectivity index (χ2n) is 8.12. The van der Waals surface area contributed by atoms with Gasteiger partial charge in [-0.15, -0.1) is 11.3 Å². The van der Waals surface area contributed by atoms with Crippen LogP contribution in [0.4, 0.5) is 5.00 Å². The summed E-state index contributed by atoms with van der Waals surface area (Å²) in [4.78, 5) is 13.9. The molecule has 0 spiro atoms. The number of hydrogen-bond donors (Lipinski definition) is 2. The highest BCUT2D eigenvalue weighted by Crippen LogP contribution is 2.43. The Morgan fingerprint density at radius 2 is 2.00 bits per heavy atom. The lowest BCUT2D eigenvalue weighted by molar-refractivity contribution is 0.0941. The van der Waals surface area contributed by atoms with Crippen LogP contribution in [0.5, 0.6) is 0 Å². The first kappa shape index (κ1) is 17.7. The number of rotatable bonds is 2. The third-order valence-electron chi connectivity index (χ3n) is 5.31. The number of nitrogens with one attached hydrogen (secondary N) is 1. The molecule has 3 rings (SSSR count). The smallest absolute Gasteiger partial charge is 0.254 e. The molecule has 1 saturated heterocycles. The van der Waals surface area contributed by atoms with E-state index >= 15 is 0 Å². The summed E-state index contributed by atoms with van der Waals surface area (Å²) in [6, 6.07) is -0.289. The minimum Gasteiger partial charge on any atom is -0.390 e. The average Bonchev–Trinajstić information content (AvgIpc) is 2.95. The summed E-state index contributed by atoms with van der Waals surface area (Å²) in [6.07, 6.45) is 3.40. The monoisotopic (exact) mass is 370 g/mol. The number of carbonyl (C=O) groups is 1. The van der Waals surface area contributed by atoms with Gasteiger partial charge in [0.25, 0.3) is 5.91 Å². The Morgan fingerprint density at radius 3 is 2.58 bits per heavy atom. The van der Waals surface area contributed by atoms with Crippen LogP contribution in [0.2, 0.25) is 0 Å². The first-order chi connectivity index (χ1) is 11.1. The second kappa shape index (κ2) is 6.02. The number of fused-ring (bicyclic) bond motifs is 1. The molecule has 1 aliphatic carbocycles. The lowest BCUT2D eigenvalue weighted by Crippen LogP contribution is -2.36. The summed E-state index contributed by atoms with van der Waals surface area (Å²) in [5.74, 6) is 0.583. The standard InChI is InChI=1S/C17H26N2O3S2/c1-17(2,3)10-4-5-12-13(8-10)23-15(18)14(12)16(20)19-11-6-7-24(21,22)9-11/h10-11H,4-9,18H2,1-3H3,(H,19,20)/t10-,11-/m0/s1. The molecule has 1 aromatic rings. The van der Waals surface area contributed by atoms with E-state index in [0.29, 0.717) is 22.9 Å². The Hall–Kier alpha value is -1.08. The van der Waals surface area contributed by atoms with E-state index in [2.05, 4.69) is 26.1 Å². The molecular weight excluding hydrogens is 344 g/mol.